The van der Waals surface area contributed by atoms with Crippen LogP contribution in [0.1, 0.15) is 53.4 Å². The Balaban J connectivity index is 2.80. The Bertz CT molecular complexity index is 511. The van der Waals surface area contributed by atoms with Gasteiger partial charge in [-0.05, 0) is 34.7 Å². The third-order valence-electron chi connectivity index (χ3n) is 4.85. The molecule has 8 heteroatoms. The van der Waals surface area contributed by atoms with Crippen molar-refractivity contribution in [3.05, 3.63) is 0 Å². The van der Waals surface area contributed by atoms with Gasteiger partial charge in [-0.2, -0.15) is 0 Å². The Morgan fingerprint density at radius 1 is 1.08 bits per heavy atom. The zero-order chi connectivity index (χ0) is 18.9. The highest BCUT2D eigenvalue weighted by molar-refractivity contribution is 5.88. The monoisotopic (exact) mass is 345 g/mol. The summed E-state index contributed by atoms with van der Waals surface area (Å²) in [6, 6.07) is 0. The second-order valence-corrected chi connectivity index (χ2v) is 7.79. The number of nitrogens with zero attached hydrogens (tertiary/aromatic N) is 1. The highest BCUT2D eigenvalue weighted by Gasteiger charge is 2.46. The minimum atomic E-state index is -2.67. The van der Waals surface area contributed by atoms with Crippen molar-refractivity contribution in [1.82, 2.24) is 4.90 Å². The molecule has 1 fully saturated rings. The predicted molar refractivity (Wildman–Crippen MR) is 84.5 cm³/mol. The maximum atomic E-state index is 12.1. The van der Waals surface area contributed by atoms with Crippen LogP contribution in [0.3, 0.4) is 0 Å². The number of aliphatic hydroxyl groups is 1. The lowest BCUT2D eigenvalue weighted by Gasteiger charge is -2.53. The van der Waals surface area contributed by atoms with Gasteiger partial charge in [0.05, 0.1) is 12.8 Å². The number of carboxylic acids is 2. The van der Waals surface area contributed by atoms with E-state index in [1.165, 1.54) is 0 Å². The summed E-state index contributed by atoms with van der Waals surface area (Å²) in [6.07, 6.45) is -1.28. The van der Waals surface area contributed by atoms with Crippen molar-refractivity contribution in [2.24, 2.45) is 0 Å². The molecule has 1 saturated heterocycles. The number of piperidine rings is 1. The summed E-state index contributed by atoms with van der Waals surface area (Å²) < 4.78 is 5.36. The van der Waals surface area contributed by atoms with Gasteiger partial charge in [0.2, 0.25) is 0 Å². The number of aliphatic carboxylic acids is 2. The fourth-order valence-corrected chi connectivity index (χ4v) is 3.29. The molecule has 0 aromatic carbocycles. The van der Waals surface area contributed by atoms with Crippen LogP contribution < -0.4 is 0 Å². The van der Waals surface area contributed by atoms with Crippen molar-refractivity contribution in [2.75, 3.05) is 7.05 Å². The number of hydrogen-bond donors (Lipinski definition) is 3. The molecule has 138 valence electrons. The maximum absolute atomic E-state index is 12.1. The van der Waals surface area contributed by atoms with Crippen molar-refractivity contribution in [3.8, 4) is 0 Å². The first-order chi connectivity index (χ1) is 10.7. The van der Waals surface area contributed by atoms with Crippen LogP contribution >= 0.6 is 0 Å². The zero-order valence-electron chi connectivity index (χ0n) is 14.8. The minimum Gasteiger partial charge on any atom is -0.481 e. The van der Waals surface area contributed by atoms with Crippen LogP contribution in [0.15, 0.2) is 0 Å². The van der Waals surface area contributed by atoms with Crippen molar-refractivity contribution in [3.63, 3.8) is 0 Å². The Morgan fingerprint density at radius 2 is 1.54 bits per heavy atom. The molecule has 1 atom stereocenters. The molecule has 0 spiro atoms. The van der Waals surface area contributed by atoms with Crippen LogP contribution in [-0.2, 0) is 19.1 Å². The first-order valence-corrected chi connectivity index (χ1v) is 7.81. The topological polar surface area (TPSA) is 124 Å². The van der Waals surface area contributed by atoms with Crippen molar-refractivity contribution in [2.45, 2.75) is 76.2 Å². The largest absolute Gasteiger partial charge is 0.481 e. The highest BCUT2D eigenvalue weighted by Crippen LogP contribution is 2.38. The van der Waals surface area contributed by atoms with Crippen LogP contribution in [-0.4, -0.2) is 68.0 Å². The van der Waals surface area contributed by atoms with Gasteiger partial charge >= 0.3 is 17.9 Å². The number of carboxylic acid groups (broad SMARTS) is 2. The number of ether oxygens (including phenoxy) is 1. The Hall–Kier alpha value is -1.67. The van der Waals surface area contributed by atoms with E-state index in [2.05, 4.69) is 4.90 Å². The Labute approximate surface area is 141 Å². The van der Waals surface area contributed by atoms with E-state index >= 15 is 0 Å². The molecule has 24 heavy (non-hydrogen) atoms. The number of esters is 1. The lowest BCUT2D eigenvalue weighted by atomic mass is 9.78. The molecule has 0 aromatic rings. The summed E-state index contributed by atoms with van der Waals surface area (Å²) in [5.41, 5.74) is -3.12. The second-order valence-electron chi connectivity index (χ2n) is 7.79. The van der Waals surface area contributed by atoms with Gasteiger partial charge in [0.1, 0.15) is 6.10 Å². The number of rotatable bonds is 6. The number of carbonyl (C=O) groups is 3. The third-order valence-corrected chi connectivity index (χ3v) is 4.85. The summed E-state index contributed by atoms with van der Waals surface area (Å²) in [7, 11) is 1.99. The van der Waals surface area contributed by atoms with E-state index in [1.54, 1.807) is 0 Å². The lowest BCUT2D eigenvalue weighted by molar-refractivity contribution is -0.176. The van der Waals surface area contributed by atoms with Crippen LogP contribution in [0, 0.1) is 0 Å². The van der Waals surface area contributed by atoms with E-state index in [0.29, 0.717) is 12.8 Å². The van der Waals surface area contributed by atoms with Gasteiger partial charge in [0.15, 0.2) is 5.60 Å². The summed E-state index contributed by atoms with van der Waals surface area (Å²) in [6.45, 7) is 8.08. The molecular formula is C16H27NO7. The molecule has 8 nitrogen and oxygen atoms in total. The molecule has 1 unspecified atom stereocenters. The minimum absolute atomic E-state index is 0.225. The summed E-state index contributed by atoms with van der Waals surface area (Å²) in [5, 5.41) is 27.6. The average Bonchev–Trinajstić information content (AvgIpc) is 2.33. The predicted octanol–water partition coefficient (Wildman–Crippen LogP) is 0.861. The molecule has 1 rings (SSSR count). The number of hydrogen-bond acceptors (Lipinski definition) is 6. The second kappa shape index (κ2) is 6.68. The van der Waals surface area contributed by atoms with E-state index in [1.807, 2.05) is 34.7 Å². The van der Waals surface area contributed by atoms with Crippen molar-refractivity contribution >= 4 is 17.9 Å². The molecule has 1 aliphatic rings. The molecule has 1 aliphatic heterocycles. The molecule has 0 bridgehead atoms. The third kappa shape index (κ3) is 4.67. The normalized spacial score (nSPS) is 23.2. The standard InChI is InChI=1S/C16H27NO7/c1-14(2)6-10(7-15(3,4)17(14)5)24-12(20)9-16(23,13(21)22)8-11(18)19/h10,23H,6-9H2,1-5H3,(H,18,19)(H,21,22). The SMILES string of the molecule is CN1C(C)(C)CC(OC(=O)CC(O)(CC(=O)O)C(=O)O)CC1(C)C. The Morgan fingerprint density at radius 3 is 1.92 bits per heavy atom. The molecular weight excluding hydrogens is 318 g/mol. The fraction of sp³-hybridized carbons (Fsp3) is 0.812. The summed E-state index contributed by atoms with van der Waals surface area (Å²) in [5.74, 6) is -4.18. The summed E-state index contributed by atoms with van der Waals surface area (Å²) >= 11 is 0. The zero-order valence-corrected chi connectivity index (χ0v) is 14.8. The number of likely N-dealkylation sites (tertiary alicyclic amines) is 1. The van der Waals surface area contributed by atoms with Gasteiger partial charge in [-0.25, -0.2) is 4.79 Å². The van der Waals surface area contributed by atoms with Crippen LogP contribution in [0.25, 0.3) is 0 Å². The molecule has 0 radical (unpaired) electrons. The van der Waals surface area contributed by atoms with Crippen LogP contribution in [0.5, 0.6) is 0 Å². The van der Waals surface area contributed by atoms with Crippen LogP contribution in [0.4, 0.5) is 0 Å². The smallest absolute Gasteiger partial charge is 0.336 e. The van der Waals surface area contributed by atoms with E-state index < -0.39 is 42.5 Å². The molecule has 3 N–H and O–H groups in total. The quantitative estimate of drug-likeness (QED) is 0.606. The fourth-order valence-electron chi connectivity index (χ4n) is 3.29. The Kier molecular flexibility index (Phi) is 5.67. The van der Waals surface area contributed by atoms with Gasteiger partial charge in [-0.15, -0.1) is 0 Å². The van der Waals surface area contributed by atoms with E-state index in [4.69, 9.17) is 14.9 Å². The molecule has 1 heterocycles. The van der Waals surface area contributed by atoms with E-state index in [9.17, 15) is 19.5 Å². The van der Waals surface area contributed by atoms with Crippen molar-refractivity contribution < 1.29 is 34.4 Å². The maximum Gasteiger partial charge on any atom is 0.336 e. The average molecular weight is 345 g/mol. The first-order valence-electron chi connectivity index (χ1n) is 7.81. The molecule has 0 amide bonds. The lowest BCUT2D eigenvalue weighted by Crippen LogP contribution is -2.60. The van der Waals surface area contributed by atoms with Gasteiger partial charge < -0.3 is 20.1 Å². The van der Waals surface area contributed by atoms with E-state index in [0.717, 1.165) is 0 Å². The van der Waals surface area contributed by atoms with Gasteiger partial charge in [0, 0.05) is 23.9 Å². The first kappa shape index (κ1) is 20.4. The highest BCUT2D eigenvalue weighted by atomic mass is 16.5. The van der Waals surface area contributed by atoms with E-state index in [-0.39, 0.29) is 11.1 Å². The van der Waals surface area contributed by atoms with Crippen molar-refractivity contribution in [1.29, 1.82) is 0 Å². The summed E-state index contributed by atoms with van der Waals surface area (Å²) in [4.78, 5) is 36.1. The molecule has 0 aliphatic carbocycles. The number of carbonyl (C=O) groups excluding carboxylic acids is 1. The van der Waals surface area contributed by atoms with Gasteiger partial charge in [-0.3, -0.25) is 14.5 Å². The molecule has 0 saturated carbocycles. The van der Waals surface area contributed by atoms with Crippen LogP contribution in [0.2, 0.25) is 0 Å². The van der Waals surface area contributed by atoms with Gasteiger partial charge in [-0.1, -0.05) is 0 Å². The molecule has 0 aromatic heterocycles. The van der Waals surface area contributed by atoms with Gasteiger partial charge in [0.25, 0.3) is 0 Å².